The number of hydrogen-bond donors (Lipinski definition) is 2. The second-order valence-corrected chi connectivity index (χ2v) is 5.77. The van der Waals surface area contributed by atoms with Crippen molar-refractivity contribution in [2.24, 2.45) is 7.05 Å². The summed E-state index contributed by atoms with van der Waals surface area (Å²) in [6.45, 7) is 4.73. The van der Waals surface area contributed by atoms with Gasteiger partial charge in [-0.1, -0.05) is 18.2 Å². The number of carbonyl (C=O) groups excluding carboxylic acids is 1. The summed E-state index contributed by atoms with van der Waals surface area (Å²) in [5.41, 5.74) is 5.68. The summed E-state index contributed by atoms with van der Waals surface area (Å²) in [6, 6.07) is 10.2. The Morgan fingerprint density at radius 2 is 2.00 bits per heavy atom. The van der Waals surface area contributed by atoms with Crippen molar-refractivity contribution in [3.05, 3.63) is 59.0 Å². The maximum absolute atomic E-state index is 12.2. The van der Waals surface area contributed by atoms with Gasteiger partial charge in [0.2, 0.25) is 5.91 Å². The molecule has 0 unspecified atom stereocenters. The second kappa shape index (κ2) is 5.72. The molecule has 3 aromatic rings. The van der Waals surface area contributed by atoms with Crippen LogP contribution in [-0.2, 0) is 24.8 Å². The molecule has 0 saturated carbocycles. The van der Waals surface area contributed by atoms with Crippen LogP contribution in [0.3, 0.4) is 0 Å². The average molecular weight is 295 g/mol. The Hall–Kier alpha value is -2.49. The van der Waals surface area contributed by atoms with Crippen molar-refractivity contribution in [2.45, 2.75) is 26.8 Å². The summed E-state index contributed by atoms with van der Waals surface area (Å²) in [7, 11) is 2.04. The molecule has 0 radical (unpaired) electrons. The van der Waals surface area contributed by atoms with Crippen molar-refractivity contribution in [1.82, 2.24) is 14.9 Å². The van der Waals surface area contributed by atoms with Gasteiger partial charge < -0.3 is 14.9 Å². The molecule has 0 aliphatic rings. The third-order valence-electron chi connectivity index (χ3n) is 4.38. The second-order valence-electron chi connectivity index (χ2n) is 5.77. The zero-order chi connectivity index (χ0) is 15.7. The Morgan fingerprint density at radius 3 is 2.73 bits per heavy atom. The summed E-state index contributed by atoms with van der Waals surface area (Å²) in [6.07, 6.45) is 2.32. The van der Waals surface area contributed by atoms with E-state index in [2.05, 4.69) is 34.8 Å². The molecule has 0 atom stereocenters. The Labute approximate surface area is 130 Å². The maximum Gasteiger partial charge on any atom is 0.224 e. The lowest BCUT2D eigenvalue weighted by molar-refractivity contribution is -0.120. The highest BCUT2D eigenvalue weighted by Crippen LogP contribution is 2.18. The monoisotopic (exact) mass is 295 g/mol. The first-order valence-corrected chi connectivity index (χ1v) is 7.49. The lowest BCUT2D eigenvalue weighted by atomic mass is 10.1. The number of amides is 1. The Kier molecular flexibility index (Phi) is 3.75. The fraction of sp³-hybridized carbons (Fsp3) is 0.278. The first-order valence-electron chi connectivity index (χ1n) is 7.49. The number of aromatic amines is 1. The molecule has 0 fully saturated rings. The maximum atomic E-state index is 12.2. The van der Waals surface area contributed by atoms with Crippen LogP contribution in [-0.4, -0.2) is 15.5 Å². The number of aromatic nitrogens is 2. The highest BCUT2D eigenvalue weighted by Gasteiger charge is 2.10. The minimum Gasteiger partial charge on any atom is -0.361 e. The lowest BCUT2D eigenvalue weighted by Gasteiger charge is -2.05. The topological polar surface area (TPSA) is 49.8 Å². The average Bonchev–Trinajstić information content (AvgIpc) is 3.02. The van der Waals surface area contributed by atoms with Gasteiger partial charge in [0, 0.05) is 42.1 Å². The number of hydrogen-bond acceptors (Lipinski definition) is 1. The van der Waals surface area contributed by atoms with E-state index in [1.165, 1.54) is 17.0 Å². The van der Waals surface area contributed by atoms with E-state index in [0.717, 1.165) is 16.5 Å². The third kappa shape index (κ3) is 2.64. The number of fused-ring (bicyclic) bond motifs is 1. The molecule has 22 heavy (non-hydrogen) atoms. The molecule has 2 N–H and O–H groups in total. The molecule has 0 bridgehead atoms. The van der Waals surface area contributed by atoms with Gasteiger partial charge >= 0.3 is 0 Å². The number of H-pyrrole nitrogens is 1. The van der Waals surface area contributed by atoms with Crippen LogP contribution < -0.4 is 5.32 Å². The van der Waals surface area contributed by atoms with E-state index in [0.29, 0.717) is 13.0 Å². The molecule has 0 saturated heterocycles. The fourth-order valence-corrected chi connectivity index (χ4v) is 2.82. The van der Waals surface area contributed by atoms with Crippen LogP contribution in [0, 0.1) is 13.8 Å². The molecule has 3 rings (SSSR count). The molecule has 0 aliphatic heterocycles. The molecule has 4 heteroatoms. The van der Waals surface area contributed by atoms with Gasteiger partial charge in [-0.15, -0.1) is 0 Å². The van der Waals surface area contributed by atoms with Crippen LogP contribution in [0.2, 0.25) is 0 Å². The van der Waals surface area contributed by atoms with E-state index in [1.807, 2.05) is 37.5 Å². The van der Waals surface area contributed by atoms with E-state index in [1.54, 1.807) is 0 Å². The van der Waals surface area contributed by atoms with Crippen molar-refractivity contribution in [3.8, 4) is 0 Å². The summed E-state index contributed by atoms with van der Waals surface area (Å²) >= 11 is 0. The van der Waals surface area contributed by atoms with Gasteiger partial charge in [-0.05, 0) is 37.1 Å². The molecule has 1 amide bonds. The normalized spacial score (nSPS) is 11.0. The molecule has 1 aromatic carbocycles. The summed E-state index contributed by atoms with van der Waals surface area (Å²) in [4.78, 5) is 15.4. The number of nitrogens with zero attached hydrogens (tertiary/aromatic N) is 1. The highest BCUT2D eigenvalue weighted by atomic mass is 16.1. The van der Waals surface area contributed by atoms with Crippen molar-refractivity contribution in [3.63, 3.8) is 0 Å². The predicted octanol–water partition coefficient (Wildman–Crippen LogP) is 2.98. The largest absolute Gasteiger partial charge is 0.361 e. The molecule has 2 aromatic heterocycles. The van der Waals surface area contributed by atoms with Gasteiger partial charge in [-0.25, -0.2) is 0 Å². The summed E-state index contributed by atoms with van der Waals surface area (Å²) in [5.74, 6) is 0.0469. The SMILES string of the molecule is Cc1cc(CNC(=O)Cc2c[nH]c3ccccc23)c(C)n1C. The lowest BCUT2D eigenvalue weighted by Crippen LogP contribution is -2.24. The van der Waals surface area contributed by atoms with E-state index in [9.17, 15) is 4.79 Å². The number of rotatable bonds is 4. The van der Waals surface area contributed by atoms with Crippen LogP contribution >= 0.6 is 0 Å². The molecule has 2 heterocycles. The fourth-order valence-electron chi connectivity index (χ4n) is 2.82. The van der Waals surface area contributed by atoms with Gasteiger partial charge in [-0.2, -0.15) is 0 Å². The number of para-hydroxylation sites is 1. The first-order chi connectivity index (χ1) is 10.6. The number of benzene rings is 1. The predicted molar refractivity (Wildman–Crippen MR) is 88.7 cm³/mol. The molecular formula is C18H21N3O. The zero-order valence-electron chi connectivity index (χ0n) is 13.2. The van der Waals surface area contributed by atoms with Crippen molar-refractivity contribution < 1.29 is 4.79 Å². The number of aryl methyl sites for hydroxylation is 1. The van der Waals surface area contributed by atoms with Crippen molar-refractivity contribution >= 4 is 16.8 Å². The first kappa shape index (κ1) is 14.4. The quantitative estimate of drug-likeness (QED) is 0.764. The van der Waals surface area contributed by atoms with Crippen LogP contribution in [0.1, 0.15) is 22.5 Å². The zero-order valence-corrected chi connectivity index (χ0v) is 13.2. The smallest absolute Gasteiger partial charge is 0.224 e. The van der Waals surface area contributed by atoms with Crippen molar-refractivity contribution in [1.29, 1.82) is 0 Å². The molecule has 4 nitrogen and oxygen atoms in total. The number of carbonyl (C=O) groups is 1. The Morgan fingerprint density at radius 1 is 1.23 bits per heavy atom. The highest BCUT2D eigenvalue weighted by molar-refractivity contribution is 5.88. The summed E-state index contributed by atoms with van der Waals surface area (Å²) in [5, 5.41) is 4.13. The van der Waals surface area contributed by atoms with E-state index in [4.69, 9.17) is 0 Å². The van der Waals surface area contributed by atoms with Gasteiger partial charge in [0.1, 0.15) is 0 Å². The Bertz CT molecular complexity index is 826. The van der Waals surface area contributed by atoms with Crippen LogP contribution in [0.5, 0.6) is 0 Å². The van der Waals surface area contributed by atoms with Crippen LogP contribution in [0.15, 0.2) is 36.5 Å². The van der Waals surface area contributed by atoms with Gasteiger partial charge in [-0.3, -0.25) is 4.79 Å². The van der Waals surface area contributed by atoms with Gasteiger partial charge in [0.05, 0.1) is 6.42 Å². The number of nitrogens with one attached hydrogen (secondary N) is 2. The van der Waals surface area contributed by atoms with E-state index >= 15 is 0 Å². The molecule has 114 valence electrons. The Balaban J connectivity index is 1.66. The third-order valence-corrected chi connectivity index (χ3v) is 4.38. The summed E-state index contributed by atoms with van der Waals surface area (Å²) < 4.78 is 2.14. The minimum atomic E-state index is 0.0469. The van der Waals surface area contributed by atoms with Gasteiger partial charge in [0.25, 0.3) is 0 Å². The molecule has 0 aliphatic carbocycles. The standard InChI is InChI=1S/C18H21N3O/c1-12-8-14(13(2)21(12)3)10-20-18(22)9-15-11-19-17-7-5-4-6-16(15)17/h4-8,11,19H,9-10H2,1-3H3,(H,20,22). The minimum absolute atomic E-state index is 0.0469. The van der Waals surface area contributed by atoms with Crippen LogP contribution in [0.25, 0.3) is 10.9 Å². The van der Waals surface area contributed by atoms with Crippen LogP contribution in [0.4, 0.5) is 0 Å². The van der Waals surface area contributed by atoms with E-state index < -0.39 is 0 Å². The molecule has 0 spiro atoms. The molecular weight excluding hydrogens is 274 g/mol. The van der Waals surface area contributed by atoms with E-state index in [-0.39, 0.29) is 5.91 Å². The van der Waals surface area contributed by atoms with Crippen molar-refractivity contribution in [2.75, 3.05) is 0 Å². The van der Waals surface area contributed by atoms with Gasteiger partial charge in [0.15, 0.2) is 0 Å².